The molecule has 1 N–H and O–H groups in total. The van der Waals surface area contributed by atoms with E-state index in [2.05, 4.69) is 12.2 Å². The van der Waals surface area contributed by atoms with Gasteiger partial charge >= 0.3 is 0 Å². The summed E-state index contributed by atoms with van der Waals surface area (Å²) in [7, 11) is 0. The summed E-state index contributed by atoms with van der Waals surface area (Å²) in [5.74, 6) is 1.05. The highest BCUT2D eigenvalue weighted by Gasteiger charge is 2.01. The zero-order chi connectivity index (χ0) is 12.0. The van der Waals surface area contributed by atoms with Crippen LogP contribution < -0.4 is 5.32 Å². The maximum absolute atomic E-state index is 5.90. The largest absolute Gasteiger partial charge is 0.341 e. The molecule has 0 aliphatic carbocycles. The molecule has 16 heavy (non-hydrogen) atoms. The van der Waals surface area contributed by atoms with Crippen molar-refractivity contribution in [3.8, 4) is 0 Å². The van der Waals surface area contributed by atoms with E-state index in [1.165, 1.54) is 12.8 Å². The first kappa shape index (κ1) is 14.1. The quantitative estimate of drug-likeness (QED) is 0.603. The third-order valence-corrected chi connectivity index (χ3v) is 3.95. The van der Waals surface area contributed by atoms with Crippen molar-refractivity contribution in [2.45, 2.75) is 19.8 Å². The Morgan fingerprint density at radius 2 is 2.12 bits per heavy atom. The highest BCUT2D eigenvalue weighted by Crippen LogP contribution is 2.25. The molecule has 1 nitrogen and oxygen atoms in total. The van der Waals surface area contributed by atoms with Crippen LogP contribution in [-0.2, 0) is 0 Å². The summed E-state index contributed by atoms with van der Waals surface area (Å²) < 4.78 is 0.770. The molecule has 1 rings (SSSR count). The topological polar surface area (TPSA) is 12.0 Å². The van der Waals surface area contributed by atoms with Crippen molar-refractivity contribution in [2.24, 2.45) is 0 Å². The summed E-state index contributed by atoms with van der Waals surface area (Å²) in [6.07, 6.45) is 2.36. The van der Waals surface area contributed by atoms with E-state index in [-0.39, 0.29) is 0 Å². The maximum Gasteiger partial charge on any atom is 0.138 e. The van der Waals surface area contributed by atoms with Gasteiger partial charge in [-0.15, -0.1) is 0 Å². The molecule has 0 fully saturated rings. The summed E-state index contributed by atoms with van der Waals surface area (Å²) >= 11 is 18.6. The summed E-state index contributed by atoms with van der Waals surface area (Å²) in [5, 5.41) is 4.21. The Morgan fingerprint density at radius 1 is 1.38 bits per heavy atom. The van der Waals surface area contributed by atoms with Gasteiger partial charge in [0, 0.05) is 11.4 Å². The number of unbranched alkanes of at least 4 members (excludes halogenated alkanes) is 1. The van der Waals surface area contributed by atoms with E-state index in [1.54, 1.807) is 23.9 Å². The van der Waals surface area contributed by atoms with Gasteiger partial charge in [0.15, 0.2) is 0 Å². The molecule has 0 spiro atoms. The highest BCUT2D eigenvalue weighted by molar-refractivity contribution is 8.23. The molecule has 0 saturated heterocycles. The average Bonchev–Trinajstić information content (AvgIpc) is 2.24. The van der Waals surface area contributed by atoms with Crippen molar-refractivity contribution in [1.82, 2.24) is 0 Å². The lowest BCUT2D eigenvalue weighted by Crippen LogP contribution is -2.05. The summed E-state index contributed by atoms with van der Waals surface area (Å²) in [4.78, 5) is 0. The molecule has 0 aliphatic rings. The van der Waals surface area contributed by atoms with Crippen molar-refractivity contribution in [3.63, 3.8) is 0 Å². The first-order valence-electron chi connectivity index (χ1n) is 5.02. The van der Waals surface area contributed by atoms with Crippen LogP contribution in [0.15, 0.2) is 18.2 Å². The van der Waals surface area contributed by atoms with Crippen LogP contribution in [0.2, 0.25) is 10.0 Å². The molecule has 1 aromatic carbocycles. The molecular weight excluding hydrogens is 281 g/mol. The molecule has 0 heterocycles. The molecular formula is C11H13Cl2NS2. The van der Waals surface area contributed by atoms with E-state index in [0.29, 0.717) is 10.0 Å². The normalized spacial score (nSPS) is 10.2. The third-order valence-electron chi connectivity index (χ3n) is 1.90. The van der Waals surface area contributed by atoms with Gasteiger partial charge in [-0.25, -0.2) is 0 Å². The first-order chi connectivity index (χ1) is 7.63. The molecule has 0 unspecified atom stereocenters. The average molecular weight is 294 g/mol. The lowest BCUT2D eigenvalue weighted by atomic mass is 10.3. The predicted molar refractivity (Wildman–Crippen MR) is 80.0 cm³/mol. The minimum Gasteiger partial charge on any atom is -0.341 e. The van der Waals surface area contributed by atoms with E-state index in [9.17, 15) is 0 Å². The predicted octanol–water partition coefficient (Wildman–Crippen LogP) is 5.22. The number of nitrogens with one attached hydrogen (secondary N) is 1. The van der Waals surface area contributed by atoms with Gasteiger partial charge in [0.25, 0.3) is 0 Å². The van der Waals surface area contributed by atoms with Crippen LogP contribution in [-0.4, -0.2) is 10.1 Å². The Hall–Kier alpha value is 0.0400. The number of hydrogen-bond acceptors (Lipinski definition) is 2. The Kier molecular flexibility index (Phi) is 6.51. The fourth-order valence-corrected chi connectivity index (χ4v) is 2.51. The van der Waals surface area contributed by atoms with Crippen molar-refractivity contribution < 1.29 is 0 Å². The van der Waals surface area contributed by atoms with Gasteiger partial charge in [-0.2, -0.15) is 0 Å². The number of thiocarbonyl (C=S) groups is 1. The number of hydrogen-bond donors (Lipinski definition) is 1. The van der Waals surface area contributed by atoms with Crippen LogP contribution in [0.1, 0.15) is 19.8 Å². The zero-order valence-electron chi connectivity index (χ0n) is 8.93. The Bertz CT molecular complexity index is 369. The van der Waals surface area contributed by atoms with E-state index in [4.69, 9.17) is 35.4 Å². The van der Waals surface area contributed by atoms with Gasteiger partial charge in [0.1, 0.15) is 4.32 Å². The number of rotatable bonds is 4. The Balaban J connectivity index is 2.46. The van der Waals surface area contributed by atoms with Gasteiger partial charge in [0.05, 0.1) is 10.0 Å². The monoisotopic (exact) mass is 293 g/mol. The van der Waals surface area contributed by atoms with Gasteiger partial charge < -0.3 is 5.32 Å². The summed E-state index contributed by atoms with van der Waals surface area (Å²) in [6, 6.07) is 5.39. The maximum atomic E-state index is 5.90. The second-order valence-electron chi connectivity index (χ2n) is 3.24. The molecule has 0 radical (unpaired) electrons. The van der Waals surface area contributed by atoms with Crippen LogP contribution in [0.25, 0.3) is 0 Å². The third kappa shape index (κ3) is 4.91. The van der Waals surface area contributed by atoms with Crippen LogP contribution >= 0.6 is 47.2 Å². The van der Waals surface area contributed by atoms with Crippen molar-refractivity contribution in [1.29, 1.82) is 0 Å². The van der Waals surface area contributed by atoms with Crippen molar-refractivity contribution in [2.75, 3.05) is 11.1 Å². The molecule has 1 aromatic rings. The van der Waals surface area contributed by atoms with Gasteiger partial charge in [-0.3, -0.25) is 0 Å². The number of halogens is 2. The van der Waals surface area contributed by atoms with Crippen molar-refractivity contribution >= 4 is 57.2 Å². The lowest BCUT2D eigenvalue weighted by molar-refractivity contribution is 0.898. The van der Waals surface area contributed by atoms with Crippen LogP contribution in [0.4, 0.5) is 5.69 Å². The van der Waals surface area contributed by atoms with Gasteiger partial charge in [0.2, 0.25) is 0 Å². The second-order valence-corrected chi connectivity index (χ2v) is 5.83. The van der Waals surface area contributed by atoms with E-state index < -0.39 is 0 Å². The second kappa shape index (κ2) is 7.38. The van der Waals surface area contributed by atoms with Crippen LogP contribution in [0.5, 0.6) is 0 Å². The molecule has 0 aliphatic heterocycles. The Labute approximate surface area is 116 Å². The zero-order valence-corrected chi connectivity index (χ0v) is 12.1. The van der Waals surface area contributed by atoms with Crippen molar-refractivity contribution in [3.05, 3.63) is 28.2 Å². The number of anilines is 1. The molecule has 0 saturated carbocycles. The van der Waals surface area contributed by atoms with Gasteiger partial charge in [-0.05, 0) is 24.6 Å². The first-order valence-corrected chi connectivity index (χ1v) is 7.17. The van der Waals surface area contributed by atoms with E-state index in [0.717, 1.165) is 15.8 Å². The molecule has 0 bridgehead atoms. The molecule has 0 atom stereocenters. The molecule has 0 amide bonds. The lowest BCUT2D eigenvalue weighted by Gasteiger charge is -2.07. The smallest absolute Gasteiger partial charge is 0.138 e. The van der Waals surface area contributed by atoms with Crippen LogP contribution in [0.3, 0.4) is 0 Å². The number of thioether (sulfide) groups is 1. The molecule has 0 aromatic heterocycles. The van der Waals surface area contributed by atoms with Crippen LogP contribution in [0, 0.1) is 0 Å². The van der Waals surface area contributed by atoms with Gasteiger partial charge in [-0.1, -0.05) is 60.5 Å². The SMILES string of the molecule is CCCCSC(=S)Nc1ccc(Cl)c(Cl)c1. The fourth-order valence-electron chi connectivity index (χ4n) is 1.04. The molecule has 88 valence electrons. The number of benzene rings is 1. The minimum atomic E-state index is 0.535. The minimum absolute atomic E-state index is 0.535. The summed E-state index contributed by atoms with van der Waals surface area (Å²) in [5.41, 5.74) is 0.878. The Morgan fingerprint density at radius 3 is 2.75 bits per heavy atom. The van der Waals surface area contributed by atoms with E-state index >= 15 is 0 Å². The molecule has 5 heteroatoms. The summed E-state index contributed by atoms with van der Waals surface area (Å²) in [6.45, 7) is 2.16. The fraction of sp³-hybridized carbons (Fsp3) is 0.364. The standard InChI is InChI=1S/C11H13Cl2NS2/c1-2-3-6-16-11(15)14-8-4-5-9(12)10(13)7-8/h4-5,7H,2-3,6H2,1H3,(H,14,15). The van der Waals surface area contributed by atoms with E-state index in [1.807, 2.05) is 6.07 Å². The highest BCUT2D eigenvalue weighted by atomic mass is 35.5.